The number of hydrogen-bond acceptors (Lipinski definition) is 3. The van der Waals surface area contributed by atoms with E-state index in [0.29, 0.717) is 12.6 Å². The van der Waals surface area contributed by atoms with Crippen molar-refractivity contribution in [3.8, 4) is 0 Å². The molecule has 0 saturated heterocycles. The normalized spacial score (nSPS) is 13.8. The molecule has 3 rings (SSSR count). The Morgan fingerprint density at radius 1 is 1.24 bits per heavy atom. The van der Waals surface area contributed by atoms with Crippen molar-refractivity contribution in [2.75, 3.05) is 4.90 Å². The first kappa shape index (κ1) is 14.0. The van der Waals surface area contributed by atoms with Crippen LogP contribution < -0.4 is 10.2 Å². The summed E-state index contributed by atoms with van der Waals surface area (Å²) >= 11 is 0. The largest absolute Gasteiger partial charge is 0.348 e. The molecule has 1 aliphatic heterocycles. The van der Waals surface area contributed by atoms with Crippen LogP contribution in [0.2, 0.25) is 0 Å². The lowest BCUT2D eigenvalue weighted by atomic mass is 10.1. The number of halogens is 1. The smallest absolute Gasteiger partial charge is 0.141 e. The van der Waals surface area contributed by atoms with E-state index in [1.807, 2.05) is 0 Å². The molecule has 0 fully saturated rings. The van der Waals surface area contributed by atoms with Gasteiger partial charge in [0.05, 0.1) is 6.20 Å². The number of aromatic nitrogens is 1. The molecule has 110 valence electrons. The summed E-state index contributed by atoms with van der Waals surface area (Å²) in [7, 11) is 0. The predicted molar refractivity (Wildman–Crippen MR) is 82.5 cm³/mol. The lowest BCUT2D eigenvalue weighted by Gasteiger charge is -2.21. The molecule has 1 aromatic heterocycles. The fourth-order valence-electron chi connectivity index (χ4n) is 2.69. The van der Waals surface area contributed by atoms with E-state index >= 15 is 0 Å². The van der Waals surface area contributed by atoms with Crippen LogP contribution in [0.5, 0.6) is 0 Å². The first-order valence-electron chi connectivity index (χ1n) is 7.33. The molecule has 4 heteroatoms. The second-order valence-corrected chi connectivity index (χ2v) is 5.80. The lowest BCUT2D eigenvalue weighted by Crippen LogP contribution is -2.25. The molecule has 0 radical (unpaired) electrons. The summed E-state index contributed by atoms with van der Waals surface area (Å²) in [6.45, 7) is 6.47. The number of hydrogen-bond donors (Lipinski definition) is 1. The average molecular weight is 285 g/mol. The summed E-state index contributed by atoms with van der Waals surface area (Å²) in [6, 6.07) is 10.3. The van der Waals surface area contributed by atoms with Gasteiger partial charge in [-0.15, -0.1) is 0 Å². The molecular formula is C17H20FN3. The van der Waals surface area contributed by atoms with Gasteiger partial charge in [0.15, 0.2) is 0 Å². The highest BCUT2D eigenvalue weighted by Gasteiger charge is 2.22. The van der Waals surface area contributed by atoms with Gasteiger partial charge in [0.25, 0.3) is 0 Å². The second-order valence-electron chi connectivity index (χ2n) is 5.80. The average Bonchev–Trinajstić information content (AvgIpc) is 2.88. The van der Waals surface area contributed by atoms with E-state index < -0.39 is 0 Å². The maximum Gasteiger partial charge on any atom is 0.141 e. The van der Waals surface area contributed by atoms with Crippen molar-refractivity contribution in [1.29, 1.82) is 0 Å². The Hall–Kier alpha value is -1.94. The van der Waals surface area contributed by atoms with Crippen molar-refractivity contribution in [2.45, 2.75) is 39.5 Å². The van der Waals surface area contributed by atoms with Gasteiger partial charge in [-0.1, -0.05) is 38.1 Å². The van der Waals surface area contributed by atoms with Gasteiger partial charge in [-0.3, -0.25) is 0 Å². The first-order chi connectivity index (χ1) is 10.1. The van der Waals surface area contributed by atoms with Crippen LogP contribution in [0.25, 0.3) is 0 Å². The van der Waals surface area contributed by atoms with Crippen LogP contribution in [0.4, 0.5) is 10.2 Å². The standard InChI is InChI=1S/C17H20FN3/c1-12(2)19-8-15-7-16(18)9-20-17(15)21-10-13-5-3-4-6-14(13)11-21/h3-7,9,12,19H,8,10-11H2,1-2H3. The van der Waals surface area contributed by atoms with Crippen LogP contribution in [-0.4, -0.2) is 11.0 Å². The quantitative estimate of drug-likeness (QED) is 0.934. The number of fused-ring (bicyclic) bond motifs is 1. The summed E-state index contributed by atoms with van der Waals surface area (Å²) in [5.74, 6) is 0.594. The molecule has 0 spiro atoms. The molecule has 0 unspecified atom stereocenters. The molecular weight excluding hydrogens is 265 g/mol. The van der Waals surface area contributed by atoms with Crippen LogP contribution in [0.15, 0.2) is 36.5 Å². The van der Waals surface area contributed by atoms with E-state index in [1.165, 1.54) is 17.3 Å². The minimum absolute atomic E-state index is 0.281. The van der Waals surface area contributed by atoms with Crippen molar-refractivity contribution >= 4 is 5.82 Å². The van der Waals surface area contributed by atoms with Crippen LogP contribution in [0.1, 0.15) is 30.5 Å². The maximum absolute atomic E-state index is 13.5. The van der Waals surface area contributed by atoms with Crippen LogP contribution >= 0.6 is 0 Å². The van der Waals surface area contributed by atoms with E-state index in [4.69, 9.17) is 0 Å². The third kappa shape index (κ3) is 3.05. The molecule has 0 saturated carbocycles. The Kier molecular flexibility index (Phi) is 3.88. The summed E-state index contributed by atoms with van der Waals surface area (Å²) in [5.41, 5.74) is 3.56. The predicted octanol–water partition coefficient (Wildman–Crippen LogP) is 3.24. The van der Waals surface area contributed by atoms with Gasteiger partial charge >= 0.3 is 0 Å². The summed E-state index contributed by atoms with van der Waals surface area (Å²) in [6.07, 6.45) is 1.30. The van der Waals surface area contributed by atoms with E-state index in [0.717, 1.165) is 24.5 Å². The van der Waals surface area contributed by atoms with Gasteiger partial charge in [0, 0.05) is 31.2 Å². The maximum atomic E-state index is 13.5. The Balaban J connectivity index is 1.86. The fourth-order valence-corrected chi connectivity index (χ4v) is 2.69. The molecule has 0 bridgehead atoms. The van der Waals surface area contributed by atoms with Gasteiger partial charge in [-0.25, -0.2) is 9.37 Å². The minimum Gasteiger partial charge on any atom is -0.348 e. The number of nitrogens with one attached hydrogen (secondary N) is 1. The van der Waals surface area contributed by atoms with Crippen molar-refractivity contribution in [1.82, 2.24) is 10.3 Å². The molecule has 1 aliphatic rings. The summed E-state index contributed by atoms with van der Waals surface area (Å²) in [4.78, 5) is 6.54. The molecule has 1 N–H and O–H groups in total. The summed E-state index contributed by atoms with van der Waals surface area (Å²) < 4.78 is 13.5. The number of rotatable bonds is 4. The molecule has 0 amide bonds. The molecule has 21 heavy (non-hydrogen) atoms. The highest BCUT2D eigenvalue weighted by atomic mass is 19.1. The molecule has 2 heterocycles. The number of anilines is 1. The zero-order chi connectivity index (χ0) is 14.8. The molecule has 0 aliphatic carbocycles. The Labute approximate surface area is 124 Å². The number of pyridine rings is 1. The van der Waals surface area contributed by atoms with E-state index in [2.05, 4.69) is 53.3 Å². The number of benzene rings is 1. The van der Waals surface area contributed by atoms with Crippen molar-refractivity contribution in [2.24, 2.45) is 0 Å². The van der Waals surface area contributed by atoms with E-state index in [9.17, 15) is 4.39 Å². The van der Waals surface area contributed by atoms with Crippen molar-refractivity contribution in [3.63, 3.8) is 0 Å². The molecule has 1 aromatic carbocycles. The Bertz CT molecular complexity index is 615. The number of nitrogens with zero attached hydrogens (tertiary/aromatic N) is 2. The van der Waals surface area contributed by atoms with Crippen LogP contribution in [-0.2, 0) is 19.6 Å². The van der Waals surface area contributed by atoms with E-state index in [-0.39, 0.29) is 5.82 Å². The van der Waals surface area contributed by atoms with Gasteiger partial charge in [-0.05, 0) is 17.2 Å². The Morgan fingerprint density at radius 2 is 1.90 bits per heavy atom. The van der Waals surface area contributed by atoms with Crippen molar-refractivity contribution < 1.29 is 4.39 Å². The topological polar surface area (TPSA) is 28.2 Å². The molecule has 2 aromatic rings. The van der Waals surface area contributed by atoms with Gasteiger partial charge in [0.1, 0.15) is 11.6 Å². The van der Waals surface area contributed by atoms with E-state index in [1.54, 1.807) is 6.07 Å². The summed E-state index contributed by atoms with van der Waals surface area (Å²) in [5, 5.41) is 3.34. The molecule has 0 atom stereocenters. The fraction of sp³-hybridized carbons (Fsp3) is 0.353. The monoisotopic (exact) mass is 285 g/mol. The van der Waals surface area contributed by atoms with Gasteiger partial charge in [-0.2, -0.15) is 0 Å². The SMILES string of the molecule is CC(C)NCc1cc(F)cnc1N1Cc2ccccc2C1. The third-order valence-corrected chi connectivity index (χ3v) is 3.75. The zero-order valence-electron chi connectivity index (χ0n) is 12.4. The third-order valence-electron chi connectivity index (χ3n) is 3.75. The van der Waals surface area contributed by atoms with Crippen LogP contribution in [0, 0.1) is 5.82 Å². The first-order valence-corrected chi connectivity index (χ1v) is 7.33. The highest BCUT2D eigenvalue weighted by molar-refractivity contribution is 5.52. The van der Waals surface area contributed by atoms with Gasteiger partial charge < -0.3 is 10.2 Å². The zero-order valence-corrected chi connectivity index (χ0v) is 12.4. The lowest BCUT2D eigenvalue weighted by molar-refractivity contribution is 0.576. The highest BCUT2D eigenvalue weighted by Crippen LogP contribution is 2.29. The molecule has 3 nitrogen and oxygen atoms in total. The van der Waals surface area contributed by atoms with Crippen molar-refractivity contribution in [3.05, 3.63) is 59.0 Å². The van der Waals surface area contributed by atoms with Gasteiger partial charge in [0.2, 0.25) is 0 Å². The second kappa shape index (κ2) is 5.82. The van der Waals surface area contributed by atoms with Crippen LogP contribution in [0.3, 0.4) is 0 Å². The Morgan fingerprint density at radius 3 is 2.52 bits per heavy atom. The minimum atomic E-state index is -0.281.